The van der Waals surface area contributed by atoms with Crippen LogP contribution in [0.3, 0.4) is 0 Å². The van der Waals surface area contributed by atoms with Crippen LogP contribution in [-0.4, -0.2) is 19.7 Å². The van der Waals surface area contributed by atoms with Gasteiger partial charge in [-0.05, 0) is 19.4 Å². The molecule has 1 aromatic carbocycles. The molecular formula is C12H15N5O2. The molecule has 0 amide bonds. The lowest BCUT2D eigenvalue weighted by molar-refractivity contribution is -0.384. The Balaban J connectivity index is 2.33. The number of hydrogen-bond donors (Lipinski definition) is 1. The van der Waals surface area contributed by atoms with E-state index in [-0.39, 0.29) is 11.7 Å². The number of nitro groups is 1. The summed E-state index contributed by atoms with van der Waals surface area (Å²) >= 11 is 0. The topological polar surface area (TPSA) is 85.9 Å². The molecule has 0 fully saturated rings. The lowest BCUT2D eigenvalue weighted by atomic mass is 10.1. The molecule has 0 spiro atoms. The van der Waals surface area contributed by atoms with Crippen LogP contribution in [-0.2, 0) is 7.05 Å². The number of nitrogens with one attached hydrogen (secondary N) is 1. The van der Waals surface area contributed by atoms with Crippen molar-refractivity contribution in [1.82, 2.24) is 14.8 Å². The molecule has 2 aromatic rings. The van der Waals surface area contributed by atoms with Crippen LogP contribution < -0.4 is 5.32 Å². The zero-order chi connectivity index (χ0) is 14.0. The van der Waals surface area contributed by atoms with Crippen molar-refractivity contribution in [2.24, 2.45) is 7.05 Å². The fourth-order valence-corrected chi connectivity index (χ4v) is 1.96. The zero-order valence-corrected chi connectivity index (χ0v) is 11.0. The minimum absolute atomic E-state index is 0.0639. The van der Waals surface area contributed by atoms with E-state index in [1.807, 2.05) is 27.0 Å². The van der Waals surface area contributed by atoms with E-state index in [0.717, 1.165) is 11.4 Å². The van der Waals surface area contributed by atoms with Gasteiger partial charge in [0.05, 0.1) is 11.0 Å². The smallest absolute Gasteiger partial charge is 0.292 e. The molecule has 0 radical (unpaired) electrons. The summed E-state index contributed by atoms with van der Waals surface area (Å²) in [6, 6.07) is 4.82. The highest BCUT2D eigenvalue weighted by Crippen LogP contribution is 2.30. The van der Waals surface area contributed by atoms with Gasteiger partial charge in [-0.25, -0.2) is 0 Å². The summed E-state index contributed by atoms with van der Waals surface area (Å²) in [4.78, 5) is 10.7. The fourth-order valence-electron chi connectivity index (χ4n) is 1.96. The SMILES string of the molecule is Cc1cccc([N+](=O)[O-])c1NC(C)c1nncn1C. The molecule has 0 saturated heterocycles. The number of aryl methyl sites for hydroxylation is 2. The number of para-hydroxylation sites is 1. The van der Waals surface area contributed by atoms with Crippen LogP contribution in [0.15, 0.2) is 24.5 Å². The predicted molar refractivity (Wildman–Crippen MR) is 70.9 cm³/mol. The summed E-state index contributed by atoms with van der Waals surface area (Å²) in [5.41, 5.74) is 1.40. The van der Waals surface area contributed by atoms with E-state index in [9.17, 15) is 10.1 Å². The number of nitro benzene ring substituents is 1. The number of anilines is 1. The normalized spacial score (nSPS) is 12.2. The van der Waals surface area contributed by atoms with E-state index < -0.39 is 4.92 Å². The summed E-state index contributed by atoms with van der Waals surface area (Å²) in [7, 11) is 1.83. The lowest BCUT2D eigenvalue weighted by Gasteiger charge is -2.16. The molecule has 1 unspecified atom stereocenters. The Kier molecular flexibility index (Phi) is 3.46. The minimum atomic E-state index is -0.390. The monoisotopic (exact) mass is 261 g/mol. The van der Waals surface area contributed by atoms with Gasteiger partial charge in [-0.15, -0.1) is 10.2 Å². The molecule has 0 aliphatic heterocycles. The average molecular weight is 261 g/mol. The van der Waals surface area contributed by atoms with Crippen molar-refractivity contribution in [3.05, 3.63) is 46.0 Å². The van der Waals surface area contributed by atoms with E-state index in [1.54, 1.807) is 17.0 Å². The Morgan fingerprint density at radius 1 is 1.47 bits per heavy atom. The van der Waals surface area contributed by atoms with E-state index in [4.69, 9.17) is 0 Å². The molecule has 2 rings (SSSR count). The Bertz CT molecular complexity index is 608. The number of aromatic nitrogens is 3. The second kappa shape index (κ2) is 5.05. The molecule has 0 bridgehead atoms. The largest absolute Gasteiger partial charge is 0.370 e. The van der Waals surface area contributed by atoms with Gasteiger partial charge >= 0.3 is 0 Å². The van der Waals surface area contributed by atoms with Crippen molar-refractivity contribution in [2.75, 3.05) is 5.32 Å². The van der Waals surface area contributed by atoms with Gasteiger partial charge < -0.3 is 9.88 Å². The first-order valence-corrected chi connectivity index (χ1v) is 5.85. The third kappa shape index (κ3) is 2.54. The molecule has 0 aliphatic carbocycles. The van der Waals surface area contributed by atoms with Gasteiger partial charge in [-0.3, -0.25) is 10.1 Å². The highest BCUT2D eigenvalue weighted by molar-refractivity contribution is 5.66. The van der Waals surface area contributed by atoms with Gasteiger partial charge in [0.15, 0.2) is 5.82 Å². The molecule has 7 nitrogen and oxygen atoms in total. The summed E-state index contributed by atoms with van der Waals surface area (Å²) < 4.78 is 1.78. The van der Waals surface area contributed by atoms with Gasteiger partial charge in [0.1, 0.15) is 12.0 Å². The van der Waals surface area contributed by atoms with Gasteiger partial charge in [-0.2, -0.15) is 0 Å². The molecule has 1 heterocycles. The van der Waals surface area contributed by atoms with Crippen LogP contribution in [0, 0.1) is 17.0 Å². The molecule has 0 aliphatic rings. The average Bonchev–Trinajstić information content (AvgIpc) is 2.77. The Labute approximate surface area is 110 Å². The number of hydrogen-bond acceptors (Lipinski definition) is 5. The first-order chi connectivity index (χ1) is 9.00. The number of benzene rings is 1. The van der Waals surface area contributed by atoms with Crippen LogP contribution in [0.1, 0.15) is 24.4 Å². The van der Waals surface area contributed by atoms with Crippen molar-refractivity contribution in [1.29, 1.82) is 0 Å². The van der Waals surface area contributed by atoms with Crippen LogP contribution >= 0.6 is 0 Å². The summed E-state index contributed by atoms with van der Waals surface area (Å²) in [6.07, 6.45) is 1.60. The maximum atomic E-state index is 11.0. The molecule has 100 valence electrons. The van der Waals surface area contributed by atoms with E-state index >= 15 is 0 Å². The number of nitrogens with zero attached hydrogens (tertiary/aromatic N) is 4. The first kappa shape index (κ1) is 13.0. The van der Waals surface area contributed by atoms with Gasteiger partial charge in [-0.1, -0.05) is 12.1 Å². The van der Waals surface area contributed by atoms with E-state index in [0.29, 0.717) is 5.69 Å². The molecule has 1 aromatic heterocycles. The first-order valence-electron chi connectivity index (χ1n) is 5.85. The van der Waals surface area contributed by atoms with Crippen LogP contribution in [0.4, 0.5) is 11.4 Å². The maximum absolute atomic E-state index is 11.0. The van der Waals surface area contributed by atoms with Crippen molar-refractivity contribution < 1.29 is 4.92 Å². The van der Waals surface area contributed by atoms with Gasteiger partial charge in [0.25, 0.3) is 5.69 Å². The van der Waals surface area contributed by atoms with E-state index in [2.05, 4.69) is 15.5 Å². The standard InChI is InChI=1S/C12H15N5O2/c1-8-5-4-6-10(17(18)19)11(8)14-9(2)12-15-13-7-16(12)3/h4-7,9,14H,1-3H3. The Morgan fingerprint density at radius 2 is 2.21 bits per heavy atom. The van der Waals surface area contributed by atoms with Gasteiger partial charge in [0.2, 0.25) is 0 Å². The second-order valence-corrected chi connectivity index (χ2v) is 4.39. The number of rotatable bonds is 4. The summed E-state index contributed by atoms with van der Waals surface area (Å²) in [6.45, 7) is 3.72. The van der Waals surface area contributed by atoms with Crippen LogP contribution in [0.2, 0.25) is 0 Å². The Morgan fingerprint density at radius 3 is 2.79 bits per heavy atom. The molecule has 1 atom stereocenters. The lowest BCUT2D eigenvalue weighted by Crippen LogP contribution is -2.13. The molecular weight excluding hydrogens is 246 g/mol. The molecule has 19 heavy (non-hydrogen) atoms. The third-order valence-corrected chi connectivity index (χ3v) is 2.94. The molecule has 0 saturated carbocycles. The quantitative estimate of drug-likeness (QED) is 0.673. The Hall–Kier alpha value is -2.44. The van der Waals surface area contributed by atoms with Crippen molar-refractivity contribution in [2.45, 2.75) is 19.9 Å². The fraction of sp³-hybridized carbons (Fsp3) is 0.333. The second-order valence-electron chi connectivity index (χ2n) is 4.39. The third-order valence-electron chi connectivity index (χ3n) is 2.94. The maximum Gasteiger partial charge on any atom is 0.292 e. The van der Waals surface area contributed by atoms with Crippen molar-refractivity contribution in [3.8, 4) is 0 Å². The summed E-state index contributed by atoms with van der Waals surface area (Å²) in [5.74, 6) is 0.720. The van der Waals surface area contributed by atoms with Crippen molar-refractivity contribution >= 4 is 11.4 Å². The minimum Gasteiger partial charge on any atom is -0.370 e. The predicted octanol–water partition coefficient (Wildman–Crippen LogP) is 2.20. The highest BCUT2D eigenvalue weighted by atomic mass is 16.6. The van der Waals surface area contributed by atoms with Crippen molar-refractivity contribution in [3.63, 3.8) is 0 Å². The van der Waals surface area contributed by atoms with E-state index in [1.165, 1.54) is 6.07 Å². The van der Waals surface area contributed by atoms with Crippen LogP contribution in [0.25, 0.3) is 0 Å². The summed E-state index contributed by atoms with van der Waals surface area (Å²) in [5, 5.41) is 22.0. The van der Waals surface area contributed by atoms with Gasteiger partial charge in [0, 0.05) is 13.1 Å². The molecule has 1 N–H and O–H groups in total. The highest BCUT2D eigenvalue weighted by Gasteiger charge is 2.19. The zero-order valence-electron chi connectivity index (χ0n) is 11.0. The van der Waals surface area contributed by atoms with Crippen LogP contribution in [0.5, 0.6) is 0 Å². The molecule has 7 heteroatoms.